The highest BCUT2D eigenvalue weighted by molar-refractivity contribution is 7.13. The molecule has 1 aromatic carbocycles. The highest BCUT2D eigenvalue weighted by Gasteiger charge is 2.06. The monoisotopic (exact) mass is 307 g/mol. The highest BCUT2D eigenvalue weighted by Crippen LogP contribution is 2.26. The molecule has 0 radical (unpaired) electrons. The van der Waals surface area contributed by atoms with E-state index in [2.05, 4.69) is 10.1 Å². The Hall–Kier alpha value is -2.21. The first-order valence-corrected chi connectivity index (χ1v) is 7.15. The molecule has 1 aromatic heterocycles. The van der Waals surface area contributed by atoms with Gasteiger partial charge < -0.3 is 14.2 Å². The number of thiophene rings is 1. The smallest absolute Gasteiger partial charge is 0.411 e. The minimum Gasteiger partial charge on any atom is -0.488 e. The molecule has 1 N–H and O–H groups in total. The lowest BCUT2D eigenvalue weighted by Gasteiger charge is -2.10. The molecule has 2 aromatic rings. The van der Waals surface area contributed by atoms with Crippen LogP contribution in [0.3, 0.4) is 0 Å². The van der Waals surface area contributed by atoms with Gasteiger partial charge in [-0.1, -0.05) is 0 Å². The molecule has 0 aliphatic heterocycles. The lowest BCUT2D eigenvalue weighted by molar-refractivity contribution is 0.187. The zero-order valence-corrected chi connectivity index (χ0v) is 13.0. The molecular weight excluding hydrogens is 290 g/mol. The maximum absolute atomic E-state index is 11.2. The predicted octanol–water partition coefficient (Wildman–Crippen LogP) is 3.82. The van der Waals surface area contributed by atoms with Crippen LogP contribution in [-0.4, -0.2) is 20.3 Å². The summed E-state index contributed by atoms with van der Waals surface area (Å²) in [4.78, 5) is 12.3. The van der Waals surface area contributed by atoms with Crippen LogP contribution in [0.25, 0.3) is 0 Å². The van der Waals surface area contributed by atoms with Gasteiger partial charge in [0.1, 0.15) is 12.4 Å². The van der Waals surface area contributed by atoms with Gasteiger partial charge >= 0.3 is 6.09 Å². The molecule has 0 atom stereocenters. The maximum atomic E-state index is 11.2. The van der Waals surface area contributed by atoms with E-state index >= 15 is 0 Å². The van der Waals surface area contributed by atoms with Gasteiger partial charge in [-0.05, 0) is 42.8 Å². The summed E-state index contributed by atoms with van der Waals surface area (Å²) in [7, 11) is 2.98. The Kier molecular flexibility index (Phi) is 5.05. The molecule has 2 rings (SSSR count). The summed E-state index contributed by atoms with van der Waals surface area (Å²) in [5, 5.41) is 3.50. The Morgan fingerprint density at radius 3 is 2.67 bits per heavy atom. The van der Waals surface area contributed by atoms with Gasteiger partial charge in [0.25, 0.3) is 0 Å². The number of carbonyl (C=O) groups is 1. The van der Waals surface area contributed by atoms with E-state index in [1.54, 1.807) is 24.5 Å². The molecule has 112 valence electrons. The summed E-state index contributed by atoms with van der Waals surface area (Å²) in [5.74, 6) is 0.746. The minimum absolute atomic E-state index is 0.483. The van der Waals surface area contributed by atoms with Crippen LogP contribution >= 0.6 is 11.3 Å². The fourth-order valence-electron chi connectivity index (χ4n) is 1.73. The van der Waals surface area contributed by atoms with Crippen molar-refractivity contribution in [3.05, 3.63) is 40.8 Å². The van der Waals surface area contributed by atoms with E-state index in [4.69, 9.17) is 9.47 Å². The molecule has 6 heteroatoms. The average Bonchev–Trinajstić information content (AvgIpc) is 2.95. The molecule has 1 heterocycles. The van der Waals surface area contributed by atoms with Crippen LogP contribution < -0.4 is 14.8 Å². The van der Waals surface area contributed by atoms with E-state index in [1.807, 2.05) is 31.2 Å². The summed E-state index contributed by atoms with van der Waals surface area (Å²) in [6.07, 6.45) is -0.488. The number of methoxy groups -OCH3 is 2. The van der Waals surface area contributed by atoms with Crippen LogP contribution in [0.15, 0.2) is 30.3 Å². The van der Waals surface area contributed by atoms with Gasteiger partial charge in [-0.15, -0.1) is 11.3 Å². The number of hydrogen-bond donors (Lipinski definition) is 1. The molecule has 0 fully saturated rings. The third-order valence-electron chi connectivity index (χ3n) is 2.84. The van der Waals surface area contributed by atoms with Crippen molar-refractivity contribution < 1.29 is 19.0 Å². The number of carbonyl (C=O) groups excluding carboxylic acids is 1. The van der Waals surface area contributed by atoms with Gasteiger partial charge in [0.2, 0.25) is 0 Å². The topological polar surface area (TPSA) is 56.8 Å². The Bertz CT molecular complexity index is 624. The van der Waals surface area contributed by atoms with Crippen molar-refractivity contribution in [3.8, 4) is 10.8 Å². The van der Waals surface area contributed by atoms with E-state index in [-0.39, 0.29) is 0 Å². The Labute approximate surface area is 127 Å². The fraction of sp³-hybridized carbons (Fsp3) is 0.267. The SMILES string of the molecule is COC(=O)Nc1ccc(OCc2ccc(OC)s2)cc1C. The first-order valence-electron chi connectivity index (χ1n) is 6.33. The van der Waals surface area contributed by atoms with Crippen LogP contribution in [-0.2, 0) is 11.3 Å². The molecule has 0 saturated heterocycles. The summed E-state index contributed by atoms with van der Waals surface area (Å²) < 4.78 is 15.4. The molecular formula is C15H17NO4S. The highest BCUT2D eigenvalue weighted by atomic mass is 32.1. The quantitative estimate of drug-likeness (QED) is 0.912. The number of rotatable bonds is 5. The second-order valence-corrected chi connectivity index (χ2v) is 5.44. The van der Waals surface area contributed by atoms with Crippen LogP contribution in [0.4, 0.5) is 10.5 Å². The van der Waals surface area contributed by atoms with Crippen LogP contribution in [0.2, 0.25) is 0 Å². The number of amides is 1. The van der Waals surface area contributed by atoms with Crippen molar-refractivity contribution >= 4 is 23.1 Å². The normalized spacial score (nSPS) is 10.0. The standard InChI is InChI=1S/C15H17NO4S/c1-10-8-11(4-6-13(10)16-15(17)19-3)20-9-12-5-7-14(18-2)21-12/h4-8H,9H2,1-3H3,(H,16,17). The van der Waals surface area contributed by atoms with Crippen LogP contribution in [0.1, 0.15) is 10.4 Å². The van der Waals surface area contributed by atoms with Crippen molar-refractivity contribution in [2.45, 2.75) is 13.5 Å². The number of nitrogens with one attached hydrogen (secondary N) is 1. The summed E-state index contributed by atoms with van der Waals surface area (Å²) in [6.45, 7) is 2.38. The predicted molar refractivity (Wildman–Crippen MR) is 82.4 cm³/mol. The average molecular weight is 307 g/mol. The molecule has 0 aliphatic rings. The number of hydrogen-bond acceptors (Lipinski definition) is 5. The fourth-order valence-corrected chi connectivity index (χ4v) is 2.46. The number of benzene rings is 1. The van der Waals surface area contributed by atoms with Crippen LogP contribution in [0, 0.1) is 6.92 Å². The zero-order valence-electron chi connectivity index (χ0n) is 12.1. The Morgan fingerprint density at radius 1 is 1.24 bits per heavy atom. The molecule has 21 heavy (non-hydrogen) atoms. The van der Waals surface area contributed by atoms with Gasteiger partial charge in [0, 0.05) is 10.6 Å². The molecule has 5 nitrogen and oxygen atoms in total. The molecule has 0 saturated carbocycles. The third kappa shape index (κ3) is 4.13. The van der Waals surface area contributed by atoms with E-state index < -0.39 is 6.09 Å². The van der Waals surface area contributed by atoms with Crippen molar-refractivity contribution in [2.24, 2.45) is 0 Å². The van der Waals surface area contributed by atoms with E-state index in [1.165, 1.54) is 7.11 Å². The molecule has 0 bridgehead atoms. The molecule has 0 spiro atoms. The third-order valence-corrected chi connectivity index (χ3v) is 3.86. The first-order chi connectivity index (χ1) is 10.1. The van der Waals surface area contributed by atoms with Crippen molar-refractivity contribution in [3.63, 3.8) is 0 Å². The second kappa shape index (κ2) is 6.99. The van der Waals surface area contributed by atoms with Crippen molar-refractivity contribution in [2.75, 3.05) is 19.5 Å². The summed E-state index contributed by atoms with van der Waals surface area (Å²) in [5.41, 5.74) is 1.61. The Morgan fingerprint density at radius 2 is 2.05 bits per heavy atom. The number of anilines is 1. The van der Waals surface area contributed by atoms with Gasteiger partial charge in [-0.2, -0.15) is 0 Å². The van der Waals surface area contributed by atoms with E-state index in [0.717, 1.165) is 21.3 Å². The van der Waals surface area contributed by atoms with Crippen molar-refractivity contribution in [1.29, 1.82) is 0 Å². The molecule has 1 amide bonds. The van der Waals surface area contributed by atoms with Gasteiger partial charge in [0.05, 0.1) is 14.2 Å². The second-order valence-electron chi connectivity index (χ2n) is 4.31. The lowest BCUT2D eigenvalue weighted by Crippen LogP contribution is -2.11. The lowest BCUT2D eigenvalue weighted by atomic mass is 10.2. The van der Waals surface area contributed by atoms with Gasteiger partial charge in [0.15, 0.2) is 5.06 Å². The molecule has 0 aliphatic carbocycles. The van der Waals surface area contributed by atoms with E-state index in [0.29, 0.717) is 12.3 Å². The Balaban J connectivity index is 1.98. The van der Waals surface area contributed by atoms with E-state index in [9.17, 15) is 4.79 Å². The minimum atomic E-state index is -0.488. The first kappa shape index (κ1) is 15.2. The van der Waals surface area contributed by atoms with Gasteiger partial charge in [-0.25, -0.2) is 4.79 Å². The number of aryl methyl sites for hydroxylation is 1. The van der Waals surface area contributed by atoms with Crippen molar-refractivity contribution in [1.82, 2.24) is 0 Å². The maximum Gasteiger partial charge on any atom is 0.411 e. The molecule has 0 unspecified atom stereocenters. The summed E-state index contributed by atoms with van der Waals surface area (Å²) in [6, 6.07) is 9.36. The summed E-state index contributed by atoms with van der Waals surface area (Å²) >= 11 is 1.55. The van der Waals surface area contributed by atoms with Crippen LogP contribution in [0.5, 0.6) is 10.8 Å². The zero-order chi connectivity index (χ0) is 15.2. The largest absolute Gasteiger partial charge is 0.488 e. The van der Waals surface area contributed by atoms with Gasteiger partial charge in [-0.3, -0.25) is 5.32 Å². The number of ether oxygens (including phenoxy) is 3.